The molecule has 0 saturated heterocycles. The fourth-order valence-electron chi connectivity index (χ4n) is 2.39. The minimum Gasteiger partial charge on any atom is -0.496 e. The van der Waals surface area contributed by atoms with Crippen molar-refractivity contribution in [2.24, 2.45) is 0 Å². The fraction of sp³-hybridized carbons (Fsp3) is 0.133. The van der Waals surface area contributed by atoms with Gasteiger partial charge >= 0.3 is 0 Å². The lowest BCUT2D eigenvalue weighted by atomic mass is 9.98. The van der Waals surface area contributed by atoms with E-state index in [-0.39, 0.29) is 11.9 Å². The van der Waals surface area contributed by atoms with Gasteiger partial charge < -0.3 is 10.1 Å². The number of fused-ring (bicyclic) bond motifs is 1. The molecule has 3 nitrogen and oxygen atoms in total. The van der Waals surface area contributed by atoms with E-state index < -0.39 is 0 Å². The second kappa shape index (κ2) is 4.18. The van der Waals surface area contributed by atoms with E-state index in [4.69, 9.17) is 4.74 Å². The lowest BCUT2D eigenvalue weighted by Crippen LogP contribution is -2.20. The molecule has 0 saturated carbocycles. The molecule has 1 amide bonds. The van der Waals surface area contributed by atoms with Crippen LogP contribution in [0.2, 0.25) is 0 Å². The molecule has 0 radical (unpaired) electrons. The van der Waals surface area contributed by atoms with E-state index in [9.17, 15) is 4.79 Å². The molecule has 18 heavy (non-hydrogen) atoms. The average Bonchev–Trinajstić information content (AvgIpc) is 2.77. The first kappa shape index (κ1) is 10.8. The maximum atomic E-state index is 11.9. The minimum absolute atomic E-state index is 0.0264. The third kappa shape index (κ3) is 1.56. The van der Waals surface area contributed by atoms with Crippen molar-refractivity contribution >= 4 is 5.91 Å². The first-order valence-corrected chi connectivity index (χ1v) is 5.84. The average molecular weight is 239 g/mol. The summed E-state index contributed by atoms with van der Waals surface area (Å²) in [5, 5.41) is 2.99. The number of methoxy groups -OCH3 is 1. The SMILES string of the molecule is COc1ccccc1[C@@H]1NC(=O)c2ccccc21. The molecule has 0 bridgehead atoms. The van der Waals surface area contributed by atoms with E-state index in [1.54, 1.807) is 7.11 Å². The van der Waals surface area contributed by atoms with Crippen LogP contribution in [0, 0.1) is 0 Å². The van der Waals surface area contributed by atoms with Crippen molar-refractivity contribution in [2.75, 3.05) is 7.11 Å². The number of para-hydroxylation sites is 1. The summed E-state index contributed by atoms with van der Waals surface area (Å²) < 4.78 is 5.36. The van der Waals surface area contributed by atoms with Gasteiger partial charge in [0.15, 0.2) is 0 Å². The quantitative estimate of drug-likeness (QED) is 0.874. The number of amides is 1. The third-order valence-corrected chi connectivity index (χ3v) is 3.24. The van der Waals surface area contributed by atoms with Gasteiger partial charge in [0.05, 0.1) is 13.2 Å². The molecule has 1 N–H and O–H groups in total. The molecule has 3 heteroatoms. The van der Waals surface area contributed by atoms with E-state index in [1.165, 1.54) is 0 Å². The zero-order chi connectivity index (χ0) is 12.5. The van der Waals surface area contributed by atoms with Gasteiger partial charge in [0.1, 0.15) is 5.75 Å². The highest BCUT2D eigenvalue weighted by Gasteiger charge is 2.30. The lowest BCUT2D eigenvalue weighted by molar-refractivity contribution is 0.0960. The van der Waals surface area contributed by atoms with Gasteiger partial charge in [-0.3, -0.25) is 4.79 Å². The van der Waals surface area contributed by atoms with Gasteiger partial charge in [0.25, 0.3) is 5.91 Å². The summed E-state index contributed by atoms with van der Waals surface area (Å²) in [6, 6.07) is 15.3. The molecule has 2 aromatic rings. The molecule has 0 aliphatic carbocycles. The van der Waals surface area contributed by atoms with E-state index in [1.807, 2.05) is 48.5 Å². The van der Waals surface area contributed by atoms with Crippen molar-refractivity contribution in [3.63, 3.8) is 0 Å². The summed E-state index contributed by atoms with van der Waals surface area (Å²) >= 11 is 0. The number of nitrogens with one attached hydrogen (secondary N) is 1. The van der Waals surface area contributed by atoms with Crippen LogP contribution in [0.15, 0.2) is 48.5 Å². The topological polar surface area (TPSA) is 38.3 Å². The van der Waals surface area contributed by atoms with Crippen LogP contribution in [0.3, 0.4) is 0 Å². The van der Waals surface area contributed by atoms with E-state index in [2.05, 4.69) is 5.32 Å². The van der Waals surface area contributed by atoms with Crippen LogP contribution in [-0.4, -0.2) is 13.0 Å². The maximum Gasteiger partial charge on any atom is 0.252 e. The van der Waals surface area contributed by atoms with Crippen LogP contribution < -0.4 is 10.1 Å². The molecule has 90 valence electrons. The normalized spacial score (nSPS) is 17.2. The summed E-state index contributed by atoms with van der Waals surface area (Å²) in [7, 11) is 1.64. The first-order valence-electron chi connectivity index (χ1n) is 5.84. The van der Waals surface area contributed by atoms with Crippen LogP contribution in [0.25, 0.3) is 0 Å². The summed E-state index contributed by atoms with van der Waals surface area (Å²) in [4.78, 5) is 11.9. The first-order chi connectivity index (χ1) is 8.81. The summed E-state index contributed by atoms with van der Waals surface area (Å²) in [6.45, 7) is 0. The van der Waals surface area contributed by atoms with Gasteiger partial charge in [-0.2, -0.15) is 0 Å². The van der Waals surface area contributed by atoms with Gasteiger partial charge in [-0.1, -0.05) is 36.4 Å². The number of carbonyl (C=O) groups excluding carboxylic acids is 1. The molecule has 1 aliphatic heterocycles. The van der Waals surface area contributed by atoms with Crippen molar-refractivity contribution in [1.29, 1.82) is 0 Å². The minimum atomic E-state index is -0.121. The lowest BCUT2D eigenvalue weighted by Gasteiger charge is -2.15. The number of rotatable bonds is 2. The Morgan fingerprint density at radius 1 is 1.00 bits per heavy atom. The molecule has 1 heterocycles. The Morgan fingerprint density at radius 2 is 1.67 bits per heavy atom. The van der Waals surface area contributed by atoms with Gasteiger partial charge in [0.2, 0.25) is 0 Å². The smallest absolute Gasteiger partial charge is 0.252 e. The van der Waals surface area contributed by atoms with Crippen molar-refractivity contribution < 1.29 is 9.53 Å². The molecule has 0 spiro atoms. The molecule has 3 rings (SSSR count). The number of benzene rings is 2. The Hall–Kier alpha value is -2.29. The van der Waals surface area contributed by atoms with Gasteiger partial charge in [-0.15, -0.1) is 0 Å². The van der Waals surface area contributed by atoms with E-state index >= 15 is 0 Å². The van der Waals surface area contributed by atoms with Crippen molar-refractivity contribution in [3.8, 4) is 5.75 Å². The zero-order valence-electron chi connectivity index (χ0n) is 10.0. The van der Waals surface area contributed by atoms with Crippen LogP contribution in [0.4, 0.5) is 0 Å². The highest BCUT2D eigenvalue weighted by molar-refractivity contribution is 5.99. The van der Waals surface area contributed by atoms with Gasteiger partial charge in [0, 0.05) is 11.1 Å². The zero-order valence-corrected chi connectivity index (χ0v) is 10.0. The van der Waals surface area contributed by atoms with E-state index in [0.29, 0.717) is 0 Å². The van der Waals surface area contributed by atoms with Crippen LogP contribution >= 0.6 is 0 Å². The summed E-state index contributed by atoms with van der Waals surface area (Å²) in [5.41, 5.74) is 2.73. The molecule has 0 fully saturated rings. The predicted molar refractivity (Wildman–Crippen MR) is 68.7 cm³/mol. The fourth-order valence-corrected chi connectivity index (χ4v) is 2.39. The Bertz CT molecular complexity index is 607. The van der Waals surface area contributed by atoms with Crippen LogP contribution in [-0.2, 0) is 0 Å². The number of carbonyl (C=O) groups is 1. The highest BCUT2D eigenvalue weighted by Crippen LogP contribution is 2.35. The van der Waals surface area contributed by atoms with Gasteiger partial charge in [-0.05, 0) is 17.7 Å². The predicted octanol–water partition coefficient (Wildman–Crippen LogP) is 2.53. The molecule has 0 unspecified atom stereocenters. The number of hydrogen-bond acceptors (Lipinski definition) is 2. The molecule has 1 aliphatic rings. The Morgan fingerprint density at radius 3 is 2.44 bits per heavy atom. The van der Waals surface area contributed by atoms with Crippen LogP contribution in [0.5, 0.6) is 5.75 Å². The molecule has 0 aromatic heterocycles. The Kier molecular flexibility index (Phi) is 2.52. The monoisotopic (exact) mass is 239 g/mol. The highest BCUT2D eigenvalue weighted by atomic mass is 16.5. The number of hydrogen-bond donors (Lipinski definition) is 1. The Labute approximate surface area is 105 Å². The Balaban J connectivity index is 2.12. The van der Waals surface area contributed by atoms with Crippen molar-refractivity contribution in [1.82, 2.24) is 5.32 Å². The van der Waals surface area contributed by atoms with Crippen LogP contribution in [0.1, 0.15) is 27.5 Å². The summed E-state index contributed by atoms with van der Waals surface area (Å²) in [6.07, 6.45) is 0. The molecule has 1 atom stereocenters. The largest absolute Gasteiger partial charge is 0.496 e. The van der Waals surface area contributed by atoms with E-state index in [0.717, 1.165) is 22.4 Å². The molecular formula is C15H13NO2. The second-order valence-electron chi connectivity index (χ2n) is 4.24. The molecule has 2 aromatic carbocycles. The standard InChI is InChI=1S/C15H13NO2/c1-18-13-9-5-4-8-12(13)14-10-6-2-3-7-11(10)15(17)16-14/h2-9,14H,1H3,(H,16,17)/t14-/m1/s1. The maximum absolute atomic E-state index is 11.9. The third-order valence-electron chi connectivity index (χ3n) is 3.24. The number of ether oxygens (including phenoxy) is 1. The van der Waals surface area contributed by atoms with Crippen molar-refractivity contribution in [3.05, 3.63) is 65.2 Å². The second-order valence-corrected chi connectivity index (χ2v) is 4.24. The van der Waals surface area contributed by atoms with Crippen molar-refractivity contribution in [2.45, 2.75) is 6.04 Å². The van der Waals surface area contributed by atoms with Gasteiger partial charge in [-0.25, -0.2) is 0 Å². The summed E-state index contributed by atoms with van der Waals surface area (Å²) in [5.74, 6) is 0.765. The molecular weight excluding hydrogens is 226 g/mol.